The molecule has 2 aromatic rings. The highest BCUT2D eigenvalue weighted by molar-refractivity contribution is 5.85. The van der Waals surface area contributed by atoms with Crippen LogP contribution in [0.2, 0.25) is 0 Å². The van der Waals surface area contributed by atoms with Crippen molar-refractivity contribution in [2.75, 3.05) is 6.54 Å². The minimum absolute atomic E-state index is 0. The van der Waals surface area contributed by atoms with Gasteiger partial charge in [0, 0.05) is 29.9 Å². The van der Waals surface area contributed by atoms with Crippen LogP contribution < -0.4 is 10.5 Å². The molecule has 9 heteroatoms. The number of benzene rings is 1. The second kappa shape index (κ2) is 6.68. The van der Waals surface area contributed by atoms with Crippen molar-refractivity contribution in [1.82, 2.24) is 9.78 Å². The molecule has 0 amide bonds. The van der Waals surface area contributed by atoms with Crippen LogP contribution in [0, 0.1) is 0 Å². The molecule has 0 radical (unpaired) electrons. The molecule has 0 aliphatic heterocycles. The third-order valence-electron chi connectivity index (χ3n) is 2.51. The van der Waals surface area contributed by atoms with Gasteiger partial charge in [0.15, 0.2) is 0 Å². The van der Waals surface area contributed by atoms with Crippen LogP contribution in [0.1, 0.15) is 0 Å². The Morgan fingerprint density at radius 3 is 2.62 bits per heavy atom. The van der Waals surface area contributed by atoms with Gasteiger partial charge in [-0.15, -0.1) is 25.6 Å². The Morgan fingerprint density at radius 2 is 2.05 bits per heavy atom. The molecule has 5 nitrogen and oxygen atoms in total. The summed E-state index contributed by atoms with van der Waals surface area (Å²) < 4.78 is 41.5. The molecule has 0 bridgehead atoms. The first-order valence-corrected chi connectivity index (χ1v) is 5.71. The Hall–Kier alpha value is -1.93. The van der Waals surface area contributed by atoms with E-state index in [1.807, 2.05) is 0 Å². The van der Waals surface area contributed by atoms with Gasteiger partial charge in [0.05, 0.1) is 12.7 Å². The number of rotatable bonds is 4. The highest BCUT2D eigenvalue weighted by atomic mass is 35.5. The van der Waals surface area contributed by atoms with E-state index in [0.717, 1.165) is 12.1 Å². The van der Waals surface area contributed by atoms with E-state index in [-0.39, 0.29) is 18.2 Å². The van der Waals surface area contributed by atoms with Crippen LogP contribution in [0.4, 0.5) is 13.2 Å². The SMILES string of the molecule is Cl.NCCn1cc(-c2ccc(OC(F)(F)F)cc2O)cn1. The lowest BCUT2D eigenvalue weighted by atomic mass is 10.1. The fraction of sp³-hybridized carbons (Fsp3) is 0.250. The van der Waals surface area contributed by atoms with Crippen molar-refractivity contribution >= 4 is 12.4 Å². The Balaban J connectivity index is 0.00000220. The van der Waals surface area contributed by atoms with E-state index in [9.17, 15) is 18.3 Å². The average molecular weight is 324 g/mol. The maximum atomic E-state index is 12.1. The molecule has 1 aromatic carbocycles. The number of alkyl halides is 3. The van der Waals surface area contributed by atoms with E-state index >= 15 is 0 Å². The van der Waals surface area contributed by atoms with E-state index in [1.165, 1.54) is 12.3 Å². The zero-order chi connectivity index (χ0) is 14.8. The molecule has 0 spiro atoms. The molecule has 0 aliphatic rings. The molecule has 0 aliphatic carbocycles. The Morgan fingerprint density at radius 1 is 1.33 bits per heavy atom. The lowest BCUT2D eigenvalue weighted by Gasteiger charge is -2.10. The Kier molecular flexibility index (Phi) is 5.45. The second-order valence-corrected chi connectivity index (χ2v) is 4.01. The Bertz CT molecular complexity index is 602. The number of hydrogen-bond acceptors (Lipinski definition) is 4. The summed E-state index contributed by atoms with van der Waals surface area (Å²) in [6, 6.07) is 3.37. The molecule has 0 atom stereocenters. The van der Waals surface area contributed by atoms with E-state index in [2.05, 4.69) is 9.84 Å². The summed E-state index contributed by atoms with van der Waals surface area (Å²) in [4.78, 5) is 0. The summed E-state index contributed by atoms with van der Waals surface area (Å²) in [6.45, 7) is 0.918. The van der Waals surface area contributed by atoms with Crippen LogP contribution in [0.3, 0.4) is 0 Å². The number of halogens is 4. The molecule has 21 heavy (non-hydrogen) atoms. The van der Waals surface area contributed by atoms with Gasteiger partial charge in [-0.1, -0.05) is 0 Å². The van der Waals surface area contributed by atoms with Gasteiger partial charge in [-0.2, -0.15) is 5.10 Å². The van der Waals surface area contributed by atoms with Gasteiger partial charge in [-0.3, -0.25) is 4.68 Å². The number of hydrogen-bond donors (Lipinski definition) is 2. The van der Waals surface area contributed by atoms with E-state index in [4.69, 9.17) is 5.73 Å². The van der Waals surface area contributed by atoms with Crippen molar-refractivity contribution in [1.29, 1.82) is 0 Å². The number of ether oxygens (including phenoxy) is 1. The first-order valence-electron chi connectivity index (χ1n) is 5.71. The predicted octanol–water partition coefficient (Wildman–Crippen LogP) is 2.53. The predicted molar refractivity (Wildman–Crippen MR) is 72.3 cm³/mol. The molecule has 0 saturated heterocycles. The molecule has 0 saturated carbocycles. The lowest BCUT2D eigenvalue weighted by molar-refractivity contribution is -0.274. The Labute approximate surface area is 124 Å². The summed E-state index contributed by atoms with van der Waals surface area (Å²) in [7, 11) is 0. The lowest BCUT2D eigenvalue weighted by Crippen LogP contribution is -2.16. The van der Waals surface area contributed by atoms with Crippen LogP contribution in [0.15, 0.2) is 30.6 Å². The maximum Gasteiger partial charge on any atom is 0.573 e. The van der Waals surface area contributed by atoms with E-state index < -0.39 is 12.1 Å². The monoisotopic (exact) mass is 323 g/mol. The van der Waals surface area contributed by atoms with Crippen molar-refractivity contribution < 1.29 is 23.0 Å². The highest BCUT2D eigenvalue weighted by Crippen LogP contribution is 2.34. The van der Waals surface area contributed by atoms with Crippen molar-refractivity contribution in [3.05, 3.63) is 30.6 Å². The zero-order valence-electron chi connectivity index (χ0n) is 10.7. The summed E-state index contributed by atoms with van der Waals surface area (Å²) in [6.07, 6.45) is -1.65. The summed E-state index contributed by atoms with van der Waals surface area (Å²) in [5.41, 5.74) is 6.33. The van der Waals surface area contributed by atoms with Crippen LogP contribution in [-0.4, -0.2) is 27.8 Å². The molecule has 0 unspecified atom stereocenters. The molecule has 1 heterocycles. The minimum atomic E-state index is -4.79. The second-order valence-electron chi connectivity index (χ2n) is 4.01. The standard InChI is InChI=1S/C12H12F3N3O2.ClH/c13-12(14,15)20-9-1-2-10(11(19)5-9)8-6-17-18(7-8)4-3-16;/h1-2,5-7,19H,3-4,16H2;1H. The fourth-order valence-corrected chi connectivity index (χ4v) is 1.71. The van der Waals surface area contributed by atoms with E-state index in [0.29, 0.717) is 24.2 Å². The zero-order valence-corrected chi connectivity index (χ0v) is 11.5. The molecule has 1 aromatic heterocycles. The van der Waals surface area contributed by atoms with Crippen LogP contribution in [-0.2, 0) is 6.54 Å². The maximum absolute atomic E-state index is 12.1. The molecular formula is C12H13ClF3N3O2. The molecule has 2 rings (SSSR count). The highest BCUT2D eigenvalue weighted by Gasteiger charge is 2.31. The molecule has 0 fully saturated rings. The topological polar surface area (TPSA) is 73.3 Å². The first kappa shape index (κ1) is 17.1. The van der Waals surface area contributed by atoms with Crippen LogP contribution >= 0.6 is 12.4 Å². The number of aromatic hydroxyl groups is 1. The smallest absolute Gasteiger partial charge is 0.507 e. The van der Waals surface area contributed by atoms with Gasteiger partial charge in [0.2, 0.25) is 0 Å². The molecular weight excluding hydrogens is 311 g/mol. The van der Waals surface area contributed by atoms with Crippen molar-refractivity contribution in [3.8, 4) is 22.6 Å². The normalized spacial score (nSPS) is 11.0. The molecule has 3 N–H and O–H groups in total. The van der Waals surface area contributed by atoms with Gasteiger partial charge >= 0.3 is 6.36 Å². The quantitative estimate of drug-likeness (QED) is 0.907. The van der Waals surface area contributed by atoms with Gasteiger partial charge in [0.25, 0.3) is 0 Å². The summed E-state index contributed by atoms with van der Waals surface area (Å²) in [5.74, 6) is -0.799. The number of phenols is 1. The summed E-state index contributed by atoms with van der Waals surface area (Å²) in [5, 5.41) is 13.8. The third-order valence-corrected chi connectivity index (χ3v) is 2.51. The number of nitrogens with zero attached hydrogens (tertiary/aromatic N) is 2. The largest absolute Gasteiger partial charge is 0.573 e. The average Bonchev–Trinajstić information content (AvgIpc) is 2.76. The van der Waals surface area contributed by atoms with Crippen molar-refractivity contribution in [2.24, 2.45) is 5.73 Å². The first-order chi connectivity index (χ1) is 9.39. The molecule has 116 valence electrons. The van der Waals surface area contributed by atoms with Gasteiger partial charge in [0.1, 0.15) is 11.5 Å². The van der Waals surface area contributed by atoms with Crippen molar-refractivity contribution in [3.63, 3.8) is 0 Å². The number of phenolic OH excluding ortho intramolecular Hbond substituents is 1. The number of nitrogens with two attached hydrogens (primary N) is 1. The fourth-order valence-electron chi connectivity index (χ4n) is 1.71. The minimum Gasteiger partial charge on any atom is -0.507 e. The van der Waals surface area contributed by atoms with Gasteiger partial charge in [-0.05, 0) is 12.1 Å². The van der Waals surface area contributed by atoms with E-state index in [1.54, 1.807) is 10.9 Å². The van der Waals surface area contributed by atoms with Crippen LogP contribution in [0.25, 0.3) is 11.1 Å². The number of aromatic nitrogens is 2. The van der Waals surface area contributed by atoms with Gasteiger partial charge < -0.3 is 15.6 Å². The third kappa shape index (κ3) is 4.54. The van der Waals surface area contributed by atoms with Gasteiger partial charge in [-0.25, -0.2) is 0 Å². The summed E-state index contributed by atoms with van der Waals surface area (Å²) >= 11 is 0. The van der Waals surface area contributed by atoms with Crippen molar-refractivity contribution in [2.45, 2.75) is 12.9 Å². The van der Waals surface area contributed by atoms with Crippen LogP contribution in [0.5, 0.6) is 11.5 Å².